The number of rotatable bonds is 5. The summed E-state index contributed by atoms with van der Waals surface area (Å²) in [5.41, 5.74) is 0. The van der Waals surface area contributed by atoms with Crippen LogP contribution in [-0.2, 0) is 9.59 Å². The Kier molecular flexibility index (Phi) is 4.73. The van der Waals surface area contributed by atoms with E-state index in [4.69, 9.17) is 5.11 Å². The topological polar surface area (TPSA) is 69.6 Å². The van der Waals surface area contributed by atoms with Crippen LogP contribution in [0.15, 0.2) is 0 Å². The highest BCUT2D eigenvalue weighted by atomic mass is 16.4. The molecule has 1 saturated heterocycles. The van der Waals surface area contributed by atoms with Gasteiger partial charge in [0.05, 0.1) is 6.54 Å². The molecule has 0 bridgehead atoms. The van der Waals surface area contributed by atoms with E-state index in [0.29, 0.717) is 13.0 Å². The minimum absolute atomic E-state index is 0.106. The third kappa shape index (κ3) is 3.20. The number of hydrogen-bond donors (Lipinski definition) is 2. The van der Waals surface area contributed by atoms with Crippen LogP contribution in [0.1, 0.15) is 33.1 Å². The highest BCUT2D eigenvalue weighted by Crippen LogP contribution is 2.17. The number of amides is 1. The zero-order valence-electron chi connectivity index (χ0n) is 9.90. The highest BCUT2D eigenvalue weighted by Gasteiger charge is 2.33. The summed E-state index contributed by atoms with van der Waals surface area (Å²) in [6.45, 7) is 4.85. The molecule has 0 saturated carbocycles. The molecule has 0 spiro atoms. The van der Waals surface area contributed by atoms with E-state index in [9.17, 15) is 9.59 Å². The zero-order chi connectivity index (χ0) is 12.1. The standard InChI is InChI=1S/C11H20N2O3/c1-3-8(2)12-7-10(14)13-6-4-5-9(13)11(15)16/h8-9,12H,3-7H2,1-2H3,(H,15,16). The molecule has 1 fully saturated rings. The van der Waals surface area contributed by atoms with E-state index in [1.54, 1.807) is 0 Å². The van der Waals surface area contributed by atoms with Crippen LogP contribution in [0.2, 0.25) is 0 Å². The van der Waals surface area contributed by atoms with Gasteiger partial charge in [-0.25, -0.2) is 4.79 Å². The molecule has 0 aliphatic carbocycles. The lowest BCUT2D eigenvalue weighted by molar-refractivity contribution is -0.147. The molecule has 5 heteroatoms. The van der Waals surface area contributed by atoms with Crippen molar-refractivity contribution in [2.45, 2.75) is 45.2 Å². The first-order valence-corrected chi connectivity index (χ1v) is 5.82. The lowest BCUT2D eigenvalue weighted by Crippen LogP contribution is -2.45. The molecular formula is C11H20N2O3. The average molecular weight is 228 g/mol. The van der Waals surface area contributed by atoms with Crippen molar-refractivity contribution in [1.82, 2.24) is 10.2 Å². The molecule has 92 valence electrons. The average Bonchev–Trinajstić information content (AvgIpc) is 2.74. The number of carbonyl (C=O) groups is 2. The number of aliphatic carboxylic acids is 1. The van der Waals surface area contributed by atoms with Crippen LogP contribution in [0.4, 0.5) is 0 Å². The van der Waals surface area contributed by atoms with Crippen molar-refractivity contribution in [1.29, 1.82) is 0 Å². The molecule has 1 aliphatic rings. The highest BCUT2D eigenvalue weighted by molar-refractivity contribution is 5.85. The van der Waals surface area contributed by atoms with Crippen molar-refractivity contribution >= 4 is 11.9 Å². The van der Waals surface area contributed by atoms with E-state index in [1.165, 1.54) is 4.90 Å². The summed E-state index contributed by atoms with van der Waals surface area (Å²) in [5.74, 6) is -1.00. The number of nitrogens with zero attached hydrogens (tertiary/aromatic N) is 1. The van der Waals surface area contributed by atoms with E-state index < -0.39 is 12.0 Å². The van der Waals surface area contributed by atoms with Gasteiger partial charge in [-0.05, 0) is 26.2 Å². The fourth-order valence-electron chi connectivity index (χ4n) is 1.83. The van der Waals surface area contributed by atoms with Gasteiger partial charge in [0.15, 0.2) is 0 Å². The molecule has 5 nitrogen and oxygen atoms in total. The van der Waals surface area contributed by atoms with Crippen molar-refractivity contribution in [3.63, 3.8) is 0 Å². The van der Waals surface area contributed by atoms with Gasteiger partial charge in [0.25, 0.3) is 0 Å². The summed E-state index contributed by atoms with van der Waals surface area (Å²) in [6, 6.07) is -0.332. The molecule has 1 amide bonds. The van der Waals surface area contributed by atoms with Gasteiger partial charge in [0.1, 0.15) is 6.04 Å². The lowest BCUT2D eigenvalue weighted by atomic mass is 10.2. The fourth-order valence-corrected chi connectivity index (χ4v) is 1.83. The van der Waals surface area contributed by atoms with Gasteiger partial charge < -0.3 is 15.3 Å². The molecule has 0 aromatic heterocycles. The number of carbonyl (C=O) groups excluding carboxylic acids is 1. The Morgan fingerprint density at radius 1 is 1.56 bits per heavy atom. The van der Waals surface area contributed by atoms with Crippen LogP contribution in [-0.4, -0.2) is 47.1 Å². The van der Waals surface area contributed by atoms with Gasteiger partial charge in [-0.2, -0.15) is 0 Å². The van der Waals surface area contributed by atoms with Crippen molar-refractivity contribution in [2.75, 3.05) is 13.1 Å². The number of carboxylic acid groups (broad SMARTS) is 1. The largest absolute Gasteiger partial charge is 0.480 e. The maximum absolute atomic E-state index is 11.8. The number of likely N-dealkylation sites (tertiary alicyclic amines) is 1. The molecule has 2 unspecified atom stereocenters. The van der Waals surface area contributed by atoms with Crippen LogP contribution in [0.25, 0.3) is 0 Å². The maximum atomic E-state index is 11.8. The second-order valence-corrected chi connectivity index (χ2v) is 4.27. The molecule has 1 aliphatic heterocycles. The van der Waals surface area contributed by atoms with Crippen LogP contribution in [0.3, 0.4) is 0 Å². The Morgan fingerprint density at radius 3 is 2.81 bits per heavy atom. The van der Waals surface area contributed by atoms with Gasteiger partial charge in [-0.3, -0.25) is 4.79 Å². The molecule has 2 N–H and O–H groups in total. The molecule has 0 aromatic rings. The summed E-state index contributed by atoms with van der Waals surface area (Å²) in [4.78, 5) is 24.1. The Balaban J connectivity index is 2.44. The Morgan fingerprint density at radius 2 is 2.25 bits per heavy atom. The SMILES string of the molecule is CCC(C)NCC(=O)N1CCCC1C(=O)O. The summed E-state index contributed by atoms with van der Waals surface area (Å²) >= 11 is 0. The van der Waals surface area contributed by atoms with Crippen molar-refractivity contribution in [2.24, 2.45) is 0 Å². The van der Waals surface area contributed by atoms with Crippen LogP contribution >= 0.6 is 0 Å². The van der Waals surface area contributed by atoms with Gasteiger partial charge in [-0.15, -0.1) is 0 Å². The third-order valence-corrected chi connectivity index (χ3v) is 3.07. The first-order chi connectivity index (χ1) is 7.56. The van der Waals surface area contributed by atoms with Crippen LogP contribution < -0.4 is 5.32 Å². The van der Waals surface area contributed by atoms with E-state index in [0.717, 1.165) is 12.8 Å². The Bertz CT molecular complexity index is 268. The zero-order valence-corrected chi connectivity index (χ0v) is 9.90. The van der Waals surface area contributed by atoms with Crippen molar-refractivity contribution in [3.05, 3.63) is 0 Å². The molecule has 1 heterocycles. The Hall–Kier alpha value is -1.10. The molecule has 0 aromatic carbocycles. The van der Waals surface area contributed by atoms with Gasteiger partial charge in [0.2, 0.25) is 5.91 Å². The first kappa shape index (κ1) is 13.0. The molecule has 0 radical (unpaired) electrons. The second-order valence-electron chi connectivity index (χ2n) is 4.27. The predicted octanol–water partition coefficient (Wildman–Crippen LogP) is 0.450. The summed E-state index contributed by atoms with van der Waals surface area (Å²) < 4.78 is 0. The van der Waals surface area contributed by atoms with Crippen molar-refractivity contribution in [3.8, 4) is 0 Å². The normalized spacial score (nSPS) is 22.1. The van der Waals surface area contributed by atoms with E-state index in [1.807, 2.05) is 13.8 Å². The summed E-state index contributed by atoms with van der Waals surface area (Å²) in [5, 5.41) is 12.0. The lowest BCUT2D eigenvalue weighted by Gasteiger charge is -2.22. The summed E-state index contributed by atoms with van der Waals surface area (Å²) in [6.07, 6.45) is 2.31. The van der Waals surface area contributed by atoms with E-state index in [-0.39, 0.29) is 18.5 Å². The smallest absolute Gasteiger partial charge is 0.326 e. The van der Waals surface area contributed by atoms with Crippen LogP contribution in [0.5, 0.6) is 0 Å². The van der Waals surface area contributed by atoms with Gasteiger partial charge >= 0.3 is 5.97 Å². The predicted molar refractivity (Wildman–Crippen MR) is 60.1 cm³/mol. The number of nitrogens with one attached hydrogen (secondary N) is 1. The molecule has 1 rings (SSSR count). The fraction of sp³-hybridized carbons (Fsp3) is 0.818. The van der Waals surface area contributed by atoms with Gasteiger partial charge in [0, 0.05) is 12.6 Å². The molecular weight excluding hydrogens is 208 g/mol. The Labute approximate surface area is 95.8 Å². The van der Waals surface area contributed by atoms with E-state index in [2.05, 4.69) is 5.32 Å². The maximum Gasteiger partial charge on any atom is 0.326 e. The minimum Gasteiger partial charge on any atom is -0.480 e. The van der Waals surface area contributed by atoms with Gasteiger partial charge in [-0.1, -0.05) is 6.92 Å². The van der Waals surface area contributed by atoms with Crippen LogP contribution in [0, 0.1) is 0 Å². The molecule has 16 heavy (non-hydrogen) atoms. The summed E-state index contributed by atoms with van der Waals surface area (Å²) in [7, 11) is 0. The third-order valence-electron chi connectivity index (χ3n) is 3.07. The number of carboxylic acids is 1. The van der Waals surface area contributed by atoms with E-state index >= 15 is 0 Å². The second kappa shape index (κ2) is 5.84. The van der Waals surface area contributed by atoms with Crippen molar-refractivity contribution < 1.29 is 14.7 Å². The minimum atomic E-state index is -0.894. The number of hydrogen-bond acceptors (Lipinski definition) is 3. The monoisotopic (exact) mass is 228 g/mol. The quantitative estimate of drug-likeness (QED) is 0.717. The first-order valence-electron chi connectivity index (χ1n) is 5.82. The molecule has 2 atom stereocenters.